The van der Waals surface area contributed by atoms with Crippen molar-refractivity contribution in [2.24, 2.45) is 0 Å². The van der Waals surface area contributed by atoms with Crippen LogP contribution in [0.25, 0.3) is 0 Å². The molecule has 6 heteroatoms. The second kappa shape index (κ2) is 5.55. The molecule has 1 rings (SSSR count). The number of amides is 2. The fourth-order valence-electron chi connectivity index (χ4n) is 1.48. The molecule has 0 spiro atoms. The number of aliphatic carboxylic acids is 1. The molecular weight excluding hydrogens is 200 g/mol. The van der Waals surface area contributed by atoms with Crippen molar-refractivity contribution in [2.45, 2.75) is 25.4 Å². The molecule has 3 N–H and O–H groups in total. The van der Waals surface area contributed by atoms with E-state index < -0.39 is 12.1 Å². The van der Waals surface area contributed by atoms with Crippen LogP contribution >= 0.6 is 0 Å². The van der Waals surface area contributed by atoms with E-state index >= 15 is 0 Å². The number of carboxylic acid groups (broad SMARTS) is 1. The number of carbonyl (C=O) groups is 2. The first-order valence-electron chi connectivity index (χ1n) is 5.05. The summed E-state index contributed by atoms with van der Waals surface area (Å²) in [5.41, 5.74) is 0. The number of nitrogens with one attached hydrogen (secondary N) is 1. The molecule has 0 aliphatic carbocycles. The van der Waals surface area contributed by atoms with E-state index in [1.165, 1.54) is 0 Å². The van der Waals surface area contributed by atoms with E-state index in [-0.39, 0.29) is 12.6 Å². The molecule has 0 radical (unpaired) electrons. The monoisotopic (exact) mass is 216 g/mol. The third kappa shape index (κ3) is 3.75. The summed E-state index contributed by atoms with van der Waals surface area (Å²) < 4.78 is 0. The van der Waals surface area contributed by atoms with Crippen LogP contribution in [0.3, 0.4) is 0 Å². The van der Waals surface area contributed by atoms with Crippen LogP contribution < -0.4 is 5.32 Å². The second-order valence-electron chi connectivity index (χ2n) is 3.59. The van der Waals surface area contributed by atoms with Crippen molar-refractivity contribution >= 4 is 12.0 Å². The first-order valence-corrected chi connectivity index (χ1v) is 5.05. The molecule has 0 aromatic carbocycles. The number of carboxylic acids is 1. The highest BCUT2D eigenvalue weighted by molar-refractivity contribution is 5.76. The van der Waals surface area contributed by atoms with Gasteiger partial charge in [-0.05, 0) is 19.3 Å². The number of hydrogen-bond acceptors (Lipinski definition) is 3. The largest absolute Gasteiger partial charge is 0.479 e. The van der Waals surface area contributed by atoms with E-state index in [1.807, 2.05) is 0 Å². The van der Waals surface area contributed by atoms with Crippen molar-refractivity contribution in [2.75, 3.05) is 19.6 Å². The van der Waals surface area contributed by atoms with Gasteiger partial charge in [-0.1, -0.05) is 0 Å². The minimum atomic E-state index is -1.53. The van der Waals surface area contributed by atoms with Crippen LogP contribution in [0.1, 0.15) is 19.3 Å². The predicted molar refractivity (Wildman–Crippen MR) is 52.5 cm³/mol. The second-order valence-corrected chi connectivity index (χ2v) is 3.59. The van der Waals surface area contributed by atoms with Crippen molar-refractivity contribution in [1.29, 1.82) is 0 Å². The third-order valence-electron chi connectivity index (χ3n) is 2.37. The molecule has 6 nitrogen and oxygen atoms in total. The van der Waals surface area contributed by atoms with Gasteiger partial charge in [0.25, 0.3) is 0 Å². The molecule has 0 unspecified atom stereocenters. The lowest BCUT2D eigenvalue weighted by Crippen LogP contribution is -2.46. The van der Waals surface area contributed by atoms with Crippen LogP contribution in [0.5, 0.6) is 0 Å². The number of rotatable bonds is 3. The summed E-state index contributed by atoms with van der Waals surface area (Å²) in [5, 5.41) is 19.7. The maximum atomic E-state index is 11.4. The molecule has 0 aromatic rings. The summed E-state index contributed by atoms with van der Waals surface area (Å²) in [4.78, 5) is 23.3. The average molecular weight is 216 g/mol. The minimum Gasteiger partial charge on any atom is -0.479 e. The van der Waals surface area contributed by atoms with Crippen LogP contribution in [-0.2, 0) is 4.79 Å². The molecule has 1 fully saturated rings. The molecule has 0 saturated carbocycles. The molecule has 1 heterocycles. The maximum absolute atomic E-state index is 11.4. The smallest absolute Gasteiger partial charge is 0.334 e. The number of aliphatic hydroxyl groups is 1. The van der Waals surface area contributed by atoms with Crippen molar-refractivity contribution in [1.82, 2.24) is 10.2 Å². The quantitative estimate of drug-likeness (QED) is 0.600. The van der Waals surface area contributed by atoms with Gasteiger partial charge in [0.15, 0.2) is 6.10 Å². The highest BCUT2D eigenvalue weighted by atomic mass is 16.4. The fourth-order valence-corrected chi connectivity index (χ4v) is 1.48. The SMILES string of the molecule is O=C(O)[C@@H](O)CNC(=O)N1CCCCC1. The van der Waals surface area contributed by atoms with Crippen LogP contribution in [0.2, 0.25) is 0 Å². The zero-order chi connectivity index (χ0) is 11.3. The Morgan fingerprint density at radius 3 is 2.40 bits per heavy atom. The van der Waals surface area contributed by atoms with Crippen LogP contribution in [-0.4, -0.2) is 52.9 Å². The normalized spacial score (nSPS) is 18.3. The third-order valence-corrected chi connectivity index (χ3v) is 2.37. The lowest BCUT2D eigenvalue weighted by molar-refractivity contribution is -0.146. The Bertz CT molecular complexity index is 238. The molecule has 1 aliphatic heterocycles. The van der Waals surface area contributed by atoms with E-state index in [4.69, 9.17) is 10.2 Å². The number of urea groups is 1. The van der Waals surface area contributed by atoms with Crippen molar-refractivity contribution < 1.29 is 19.8 Å². The molecule has 86 valence electrons. The number of nitrogens with zero attached hydrogens (tertiary/aromatic N) is 1. The molecule has 1 saturated heterocycles. The Kier molecular flexibility index (Phi) is 4.36. The molecular formula is C9H16N2O4. The standard InChI is InChI=1S/C9H16N2O4/c12-7(8(13)14)6-10-9(15)11-4-2-1-3-5-11/h7,12H,1-6H2,(H,10,15)(H,13,14)/t7-/m0/s1. The van der Waals surface area contributed by atoms with Gasteiger partial charge < -0.3 is 20.4 Å². The molecule has 0 bridgehead atoms. The van der Waals surface area contributed by atoms with Gasteiger partial charge in [0, 0.05) is 13.1 Å². The van der Waals surface area contributed by atoms with Crippen molar-refractivity contribution in [3.8, 4) is 0 Å². The Morgan fingerprint density at radius 2 is 1.87 bits per heavy atom. The van der Waals surface area contributed by atoms with E-state index in [0.717, 1.165) is 19.3 Å². The van der Waals surface area contributed by atoms with Gasteiger partial charge in [-0.2, -0.15) is 0 Å². The topological polar surface area (TPSA) is 89.9 Å². The predicted octanol–water partition coefficient (Wildman–Crippen LogP) is -0.373. The fraction of sp³-hybridized carbons (Fsp3) is 0.778. The summed E-state index contributed by atoms with van der Waals surface area (Å²) in [5.74, 6) is -1.33. The van der Waals surface area contributed by atoms with E-state index in [9.17, 15) is 9.59 Å². The van der Waals surface area contributed by atoms with Crippen LogP contribution in [0.4, 0.5) is 4.79 Å². The molecule has 2 amide bonds. The van der Waals surface area contributed by atoms with Crippen LogP contribution in [0.15, 0.2) is 0 Å². The van der Waals surface area contributed by atoms with Gasteiger partial charge in [-0.25, -0.2) is 9.59 Å². The van der Waals surface area contributed by atoms with E-state index in [2.05, 4.69) is 5.32 Å². The van der Waals surface area contributed by atoms with Gasteiger partial charge in [-0.15, -0.1) is 0 Å². The molecule has 1 aliphatic rings. The minimum absolute atomic E-state index is 0.245. The van der Waals surface area contributed by atoms with Gasteiger partial charge in [0.1, 0.15) is 0 Å². The van der Waals surface area contributed by atoms with Gasteiger partial charge >= 0.3 is 12.0 Å². The lowest BCUT2D eigenvalue weighted by atomic mass is 10.1. The number of piperidine rings is 1. The Hall–Kier alpha value is -1.30. The Morgan fingerprint density at radius 1 is 1.27 bits per heavy atom. The average Bonchev–Trinajstić information content (AvgIpc) is 2.26. The Labute approximate surface area is 87.9 Å². The summed E-state index contributed by atoms with van der Waals surface area (Å²) in [6.07, 6.45) is 1.56. The van der Waals surface area contributed by atoms with Crippen LogP contribution in [0, 0.1) is 0 Å². The van der Waals surface area contributed by atoms with Gasteiger partial charge in [0.2, 0.25) is 0 Å². The summed E-state index contributed by atoms with van der Waals surface area (Å²) >= 11 is 0. The summed E-state index contributed by atoms with van der Waals surface area (Å²) in [6, 6.07) is -0.296. The number of hydrogen-bond donors (Lipinski definition) is 3. The first-order chi connectivity index (χ1) is 7.11. The number of likely N-dealkylation sites (tertiary alicyclic amines) is 1. The number of carbonyl (C=O) groups excluding carboxylic acids is 1. The van der Waals surface area contributed by atoms with E-state index in [0.29, 0.717) is 13.1 Å². The highest BCUT2D eigenvalue weighted by Crippen LogP contribution is 2.08. The Balaban J connectivity index is 2.25. The van der Waals surface area contributed by atoms with Crippen molar-refractivity contribution in [3.63, 3.8) is 0 Å². The zero-order valence-electron chi connectivity index (χ0n) is 8.48. The molecule has 15 heavy (non-hydrogen) atoms. The lowest BCUT2D eigenvalue weighted by Gasteiger charge is -2.26. The molecule has 0 aromatic heterocycles. The first kappa shape index (κ1) is 11.8. The summed E-state index contributed by atoms with van der Waals surface area (Å²) in [6.45, 7) is 1.16. The molecule has 1 atom stereocenters. The van der Waals surface area contributed by atoms with E-state index in [1.54, 1.807) is 4.90 Å². The van der Waals surface area contributed by atoms with Gasteiger partial charge in [-0.3, -0.25) is 0 Å². The summed E-state index contributed by atoms with van der Waals surface area (Å²) in [7, 11) is 0. The maximum Gasteiger partial charge on any atom is 0.334 e. The zero-order valence-corrected chi connectivity index (χ0v) is 8.48. The van der Waals surface area contributed by atoms with Gasteiger partial charge in [0.05, 0.1) is 6.54 Å². The highest BCUT2D eigenvalue weighted by Gasteiger charge is 2.19. The van der Waals surface area contributed by atoms with Crippen molar-refractivity contribution in [3.05, 3.63) is 0 Å². The number of aliphatic hydroxyl groups excluding tert-OH is 1.